The Morgan fingerprint density at radius 1 is 0.868 bits per heavy atom. The first-order chi connectivity index (χ1) is 18.1. The number of esters is 1. The number of hydrogen-bond donors (Lipinski definition) is 0. The van der Waals surface area contributed by atoms with Crippen LogP contribution in [0.4, 0.5) is 13.2 Å². The Labute approximate surface area is 222 Å². The van der Waals surface area contributed by atoms with Crippen LogP contribution in [0.15, 0.2) is 60.9 Å². The van der Waals surface area contributed by atoms with Crippen LogP contribution in [-0.4, -0.2) is 40.1 Å². The molecule has 38 heavy (non-hydrogen) atoms. The van der Waals surface area contributed by atoms with Crippen molar-refractivity contribution in [2.75, 3.05) is 6.61 Å². The highest BCUT2D eigenvalue weighted by atomic mass is 19.2. The van der Waals surface area contributed by atoms with Crippen LogP contribution < -0.4 is 9.47 Å². The maximum Gasteiger partial charge on any atom is 0.348 e. The average Bonchev–Trinajstić information content (AvgIpc) is 2.92. The third-order valence-electron chi connectivity index (χ3n) is 6.58. The quantitative estimate of drug-likeness (QED) is 0.128. The lowest BCUT2D eigenvalue weighted by atomic mass is 10.0. The number of ether oxygens (including phenoxy) is 2. The molecule has 1 heterocycles. The van der Waals surface area contributed by atoms with Gasteiger partial charge in [0.2, 0.25) is 5.67 Å². The maximum absolute atomic E-state index is 14.6. The van der Waals surface area contributed by atoms with Gasteiger partial charge < -0.3 is 9.47 Å². The van der Waals surface area contributed by atoms with E-state index in [1.807, 2.05) is 6.92 Å². The van der Waals surface area contributed by atoms with Crippen molar-refractivity contribution >= 4 is 5.97 Å². The zero-order chi connectivity index (χ0) is 27.8. The van der Waals surface area contributed by atoms with Crippen molar-refractivity contribution in [3.8, 4) is 34.0 Å². The molecule has 5 nitrogen and oxygen atoms in total. The molecule has 0 amide bonds. The third-order valence-corrected chi connectivity index (χ3v) is 6.58. The lowest BCUT2D eigenvalue weighted by molar-refractivity contribution is -0.147. The summed E-state index contributed by atoms with van der Waals surface area (Å²) in [4.78, 5) is 21.1. The molecule has 0 aliphatic rings. The van der Waals surface area contributed by atoms with Crippen molar-refractivity contribution in [3.63, 3.8) is 0 Å². The van der Waals surface area contributed by atoms with Crippen LogP contribution in [0.1, 0.15) is 59.8 Å². The second kappa shape index (κ2) is 12.9. The summed E-state index contributed by atoms with van der Waals surface area (Å²) in [7, 11) is 0. The Bertz CT molecular complexity index is 1160. The van der Waals surface area contributed by atoms with Crippen molar-refractivity contribution in [2.45, 2.75) is 77.3 Å². The van der Waals surface area contributed by atoms with Crippen molar-refractivity contribution in [2.24, 2.45) is 0 Å². The topological polar surface area (TPSA) is 61.3 Å². The van der Waals surface area contributed by atoms with Crippen LogP contribution in [-0.2, 0) is 4.79 Å². The molecule has 1 aromatic heterocycles. The van der Waals surface area contributed by atoms with Gasteiger partial charge in [0.25, 0.3) is 0 Å². The van der Waals surface area contributed by atoms with Gasteiger partial charge in [-0.25, -0.2) is 27.9 Å². The highest BCUT2D eigenvalue weighted by Crippen LogP contribution is 2.27. The molecular formula is C30H35F3N2O3. The molecule has 3 unspecified atom stereocenters. The first kappa shape index (κ1) is 29.1. The summed E-state index contributed by atoms with van der Waals surface area (Å²) in [6.45, 7) is 5.73. The fourth-order valence-corrected chi connectivity index (χ4v) is 3.63. The van der Waals surface area contributed by atoms with Gasteiger partial charge in [0, 0.05) is 23.5 Å². The molecular weight excluding hydrogens is 493 g/mol. The number of carbonyl (C=O) groups is 1. The summed E-state index contributed by atoms with van der Waals surface area (Å²) in [5, 5.41) is 0. The van der Waals surface area contributed by atoms with Gasteiger partial charge in [-0.05, 0) is 75.1 Å². The van der Waals surface area contributed by atoms with Crippen molar-refractivity contribution in [1.82, 2.24) is 9.97 Å². The molecule has 3 atom stereocenters. The second-order valence-corrected chi connectivity index (χ2v) is 9.80. The minimum absolute atomic E-state index is 0.0687. The lowest BCUT2D eigenvalue weighted by Gasteiger charge is -2.23. The average molecular weight is 529 g/mol. The number of hydrogen-bond acceptors (Lipinski definition) is 5. The van der Waals surface area contributed by atoms with Crippen molar-refractivity contribution in [1.29, 1.82) is 0 Å². The summed E-state index contributed by atoms with van der Waals surface area (Å²) in [6, 6.07) is 13.5. The van der Waals surface area contributed by atoms with Crippen molar-refractivity contribution in [3.05, 3.63) is 60.9 Å². The Kier molecular flexibility index (Phi) is 9.89. The number of nitrogens with zero attached hydrogens (tertiary/aromatic N) is 2. The Morgan fingerprint density at radius 3 is 2.03 bits per heavy atom. The van der Waals surface area contributed by atoms with Gasteiger partial charge in [-0.2, -0.15) is 0 Å². The monoisotopic (exact) mass is 528 g/mol. The Morgan fingerprint density at radius 2 is 1.45 bits per heavy atom. The predicted octanol–water partition coefficient (Wildman–Crippen LogP) is 7.88. The minimum atomic E-state index is -2.03. The van der Waals surface area contributed by atoms with Gasteiger partial charge >= 0.3 is 5.97 Å². The number of benzene rings is 2. The first-order valence-electron chi connectivity index (χ1n) is 13.0. The number of aromatic nitrogens is 2. The Hall–Kier alpha value is -3.42. The van der Waals surface area contributed by atoms with Gasteiger partial charge in [-0.1, -0.05) is 38.8 Å². The summed E-state index contributed by atoms with van der Waals surface area (Å²) in [6.07, 6.45) is 4.26. The van der Waals surface area contributed by atoms with Crippen LogP contribution in [0.25, 0.3) is 22.5 Å². The number of carbonyl (C=O) groups excluding carboxylic acids is 1. The van der Waals surface area contributed by atoms with E-state index < -0.39 is 23.5 Å². The molecule has 0 aliphatic carbocycles. The summed E-state index contributed by atoms with van der Waals surface area (Å²) < 4.78 is 53.3. The molecule has 0 radical (unpaired) electrons. The minimum Gasteiger partial charge on any atom is -0.490 e. The number of halogens is 3. The standard InChI is InChI=1S/C30H35F3N2O3/c1-5-7-8-17-30(4,33)28(36)38-25-15-9-21(10-16-25)23-18-34-27(35-19-23)22-11-13-24(14-12-22)37-20-26(31)29(3,32)6-2/h9-16,18-19,26H,5-8,17,20H2,1-4H3. The van der Waals surface area contributed by atoms with Crippen molar-refractivity contribution < 1.29 is 27.4 Å². The number of rotatable bonds is 13. The highest BCUT2D eigenvalue weighted by Gasteiger charge is 2.35. The summed E-state index contributed by atoms with van der Waals surface area (Å²) in [5.74, 6) is 0.288. The fraction of sp³-hybridized carbons (Fsp3) is 0.433. The normalized spacial score (nSPS) is 15.2. The zero-order valence-electron chi connectivity index (χ0n) is 22.3. The van der Waals surface area contributed by atoms with Gasteiger partial charge in [0.15, 0.2) is 12.0 Å². The lowest BCUT2D eigenvalue weighted by Crippen LogP contribution is -2.35. The molecule has 2 aromatic carbocycles. The molecule has 0 spiro atoms. The molecule has 0 saturated carbocycles. The van der Waals surface area contributed by atoms with Gasteiger partial charge in [0.1, 0.15) is 23.8 Å². The van der Waals surface area contributed by atoms with E-state index in [2.05, 4.69) is 9.97 Å². The smallest absolute Gasteiger partial charge is 0.348 e. The molecule has 8 heteroatoms. The fourth-order valence-electron chi connectivity index (χ4n) is 3.63. The van der Waals surface area contributed by atoms with E-state index in [9.17, 15) is 18.0 Å². The maximum atomic E-state index is 14.6. The van der Waals surface area contributed by atoms with E-state index in [0.717, 1.165) is 29.5 Å². The molecule has 3 aromatic rings. The molecule has 3 rings (SSSR count). The van der Waals surface area contributed by atoms with E-state index in [-0.39, 0.29) is 25.2 Å². The number of alkyl halides is 3. The van der Waals surface area contributed by atoms with Crippen LogP contribution in [0, 0.1) is 0 Å². The van der Waals surface area contributed by atoms with E-state index in [4.69, 9.17) is 9.47 Å². The Balaban J connectivity index is 1.58. The zero-order valence-corrected chi connectivity index (χ0v) is 22.3. The van der Waals surface area contributed by atoms with Gasteiger partial charge in [0.05, 0.1) is 0 Å². The molecule has 0 aliphatic heterocycles. The number of unbranched alkanes of at least 4 members (excludes halogenated alkanes) is 2. The predicted molar refractivity (Wildman–Crippen MR) is 142 cm³/mol. The van der Waals surface area contributed by atoms with E-state index in [1.165, 1.54) is 13.8 Å². The van der Waals surface area contributed by atoms with E-state index >= 15 is 0 Å². The molecule has 204 valence electrons. The molecule has 0 fully saturated rings. The van der Waals surface area contributed by atoms with Crippen LogP contribution >= 0.6 is 0 Å². The molecule has 0 saturated heterocycles. The highest BCUT2D eigenvalue weighted by molar-refractivity contribution is 5.81. The van der Waals surface area contributed by atoms with E-state index in [1.54, 1.807) is 67.8 Å². The van der Waals surface area contributed by atoms with E-state index in [0.29, 0.717) is 18.0 Å². The van der Waals surface area contributed by atoms with Gasteiger partial charge in [-0.3, -0.25) is 0 Å². The van der Waals surface area contributed by atoms with Crippen LogP contribution in [0.2, 0.25) is 0 Å². The van der Waals surface area contributed by atoms with Crippen LogP contribution in [0.3, 0.4) is 0 Å². The van der Waals surface area contributed by atoms with Crippen LogP contribution in [0.5, 0.6) is 11.5 Å². The second-order valence-electron chi connectivity index (χ2n) is 9.80. The summed E-state index contributed by atoms with van der Waals surface area (Å²) in [5.41, 5.74) is -1.66. The molecule has 0 bridgehead atoms. The summed E-state index contributed by atoms with van der Waals surface area (Å²) >= 11 is 0. The molecule has 0 N–H and O–H groups in total. The SMILES string of the molecule is CCCCCC(C)(F)C(=O)Oc1ccc(-c2cnc(-c3ccc(OCC(F)C(C)(F)CC)cc3)nc2)cc1. The first-order valence-corrected chi connectivity index (χ1v) is 13.0. The van der Waals surface area contributed by atoms with Gasteiger partial charge in [-0.15, -0.1) is 0 Å². The third kappa shape index (κ3) is 7.79. The largest absolute Gasteiger partial charge is 0.490 e.